The van der Waals surface area contributed by atoms with Crippen LogP contribution in [0, 0.1) is 16.7 Å². The van der Waals surface area contributed by atoms with Gasteiger partial charge in [0.05, 0.1) is 0 Å². The van der Waals surface area contributed by atoms with Gasteiger partial charge in [-0.2, -0.15) is 0 Å². The van der Waals surface area contributed by atoms with Crippen molar-refractivity contribution in [2.75, 3.05) is 0 Å². The van der Waals surface area contributed by atoms with E-state index in [1.807, 2.05) is 0 Å². The quantitative estimate of drug-likeness (QED) is 0.0266. The first-order valence-electron chi connectivity index (χ1n) is 31.3. The number of allylic oxidation sites excluding steroid dienone is 20. The predicted octanol–water partition coefficient (Wildman–Crippen LogP) is 22.5. The molecule has 3 unspecified atom stereocenters. The number of carbonyl (C=O) groups excluding carboxylic acids is 2. The highest BCUT2D eigenvalue weighted by molar-refractivity contribution is 5.70. The monoisotopic (exact) mass is 1040 g/mol. The summed E-state index contributed by atoms with van der Waals surface area (Å²) in [5, 5.41) is 0. The third-order valence-electron chi connectivity index (χ3n) is 15.8. The first kappa shape index (κ1) is 68.2. The van der Waals surface area contributed by atoms with Crippen LogP contribution in [0.4, 0.5) is 0 Å². The molecule has 0 N–H and O–H groups in total. The summed E-state index contributed by atoms with van der Waals surface area (Å²) in [6, 6.07) is 0. The highest BCUT2D eigenvalue weighted by Crippen LogP contribution is 2.44. The number of ether oxygens (including phenoxy) is 2. The molecule has 0 saturated carbocycles. The van der Waals surface area contributed by atoms with Crippen LogP contribution >= 0.6 is 0 Å². The maximum absolute atomic E-state index is 12.8. The molecule has 4 heteroatoms. The molecule has 0 amide bonds. The molecule has 0 aromatic rings. The highest BCUT2D eigenvalue weighted by atomic mass is 16.5. The zero-order valence-electron chi connectivity index (χ0n) is 51.4. The minimum Gasteiger partial charge on any atom is -0.462 e. The van der Waals surface area contributed by atoms with E-state index in [1.54, 1.807) is 0 Å². The Labute approximate surface area is 470 Å². The van der Waals surface area contributed by atoms with E-state index in [9.17, 15) is 9.59 Å². The van der Waals surface area contributed by atoms with E-state index in [-0.39, 0.29) is 35.0 Å². The van der Waals surface area contributed by atoms with E-state index in [0.717, 1.165) is 44.9 Å². The van der Waals surface area contributed by atoms with E-state index < -0.39 is 0 Å². The topological polar surface area (TPSA) is 52.6 Å². The van der Waals surface area contributed by atoms with Gasteiger partial charge in [-0.3, -0.25) is 9.59 Å². The van der Waals surface area contributed by atoms with Crippen LogP contribution in [-0.2, 0) is 19.1 Å². The van der Waals surface area contributed by atoms with Crippen LogP contribution in [0.2, 0.25) is 0 Å². The van der Waals surface area contributed by atoms with Gasteiger partial charge in [0.1, 0.15) is 12.2 Å². The van der Waals surface area contributed by atoms with Crippen molar-refractivity contribution in [2.24, 2.45) is 16.7 Å². The fourth-order valence-electron chi connectivity index (χ4n) is 11.3. The van der Waals surface area contributed by atoms with Crippen molar-refractivity contribution < 1.29 is 19.1 Å². The van der Waals surface area contributed by atoms with Crippen LogP contribution < -0.4 is 0 Å². The Hall–Kier alpha value is -3.92. The van der Waals surface area contributed by atoms with Gasteiger partial charge in [-0.1, -0.05) is 314 Å². The second-order valence-electron chi connectivity index (χ2n) is 24.6. The summed E-state index contributed by atoms with van der Waals surface area (Å²) >= 11 is 0. The number of unbranched alkanes of at least 4 members (excludes halogenated alkanes) is 24. The van der Waals surface area contributed by atoms with Crippen LogP contribution in [0.1, 0.15) is 282 Å². The van der Waals surface area contributed by atoms with Crippen molar-refractivity contribution in [3.05, 3.63) is 130 Å². The molecular weight excluding hydrogens is 929 g/mol. The van der Waals surface area contributed by atoms with Gasteiger partial charge < -0.3 is 9.47 Å². The third-order valence-corrected chi connectivity index (χ3v) is 15.8. The second kappa shape index (κ2) is 41.2. The summed E-state index contributed by atoms with van der Waals surface area (Å²) in [6.45, 7) is 26.6. The fourth-order valence-corrected chi connectivity index (χ4v) is 11.3. The van der Waals surface area contributed by atoms with Gasteiger partial charge in [0.25, 0.3) is 0 Å². The normalized spacial score (nSPS) is 19.8. The number of rotatable bonds is 40. The standard InChI is InChI=1S/C72H116O4/c1-13-15-17-19-21-23-25-27-29-31-33-35-37-49-69(73)75-65-55-63(7)67(71(9,10)57-65)53-51-61(5)47-41-45-59(3)43-39-40-44-60(4)46-42-48-62(6)52-54-68-64(8)56-66(58-72(68,11)12)76-70(74)50-38-36-34-32-30-28-26-24-22-20-18-16-14-2/h39-48,51-55,65-67H,13-38,49-50,56-58H2,1-12H3/b40-39+,45-41+,46-42+,53-51+,54-52+,59-43-,60-44-,61-47+,62-48+. The molecule has 0 bridgehead atoms. The van der Waals surface area contributed by atoms with Gasteiger partial charge in [0, 0.05) is 25.2 Å². The van der Waals surface area contributed by atoms with Crippen LogP contribution in [0.5, 0.6) is 0 Å². The lowest BCUT2D eigenvalue weighted by Crippen LogP contribution is -2.34. The molecular formula is C72H116O4. The van der Waals surface area contributed by atoms with E-state index in [2.05, 4.69) is 174 Å². The van der Waals surface area contributed by atoms with Crippen molar-refractivity contribution in [1.82, 2.24) is 0 Å². The maximum Gasteiger partial charge on any atom is 0.306 e. The molecule has 0 radical (unpaired) electrons. The van der Waals surface area contributed by atoms with Gasteiger partial charge in [0.2, 0.25) is 0 Å². The van der Waals surface area contributed by atoms with Crippen molar-refractivity contribution in [2.45, 2.75) is 294 Å². The smallest absolute Gasteiger partial charge is 0.306 e. The number of carbonyl (C=O) groups is 2. The van der Waals surface area contributed by atoms with E-state index in [4.69, 9.17) is 9.47 Å². The minimum atomic E-state index is -0.143. The Morgan fingerprint density at radius 2 is 0.882 bits per heavy atom. The summed E-state index contributed by atoms with van der Waals surface area (Å²) in [4.78, 5) is 25.6. The number of hydrogen-bond acceptors (Lipinski definition) is 4. The molecule has 2 rings (SSSR count). The van der Waals surface area contributed by atoms with Gasteiger partial charge in [-0.15, -0.1) is 0 Å². The van der Waals surface area contributed by atoms with Crippen LogP contribution in [-0.4, -0.2) is 24.1 Å². The first-order chi connectivity index (χ1) is 36.5. The third kappa shape index (κ3) is 32.7. The minimum absolute atomic E-state index is 0.00519. The lowest BCUT2D eigenvalue weighted by Gasteiger charge is -2.40. The molecule has 76 heavy (non-hydrogen) atoms. The molecule has 0 aromatic carbocycles. The molecule has 0 aliphatic heterocycles. The predicted molar refractivity (Wildman–Crippen MR) is 332 cm³/mol. The van der Waals surface area contributed by atoms with Gasteiger partial charge in [-0.05, 0) is 89.7 Å². The molecule has 2 aliphatic rings. The molecule has 0 spiro atoms. The molecule has 4 nitrogen and oxygen atoms in total. The fraction of sp³-hybridized carbons (Fsp3) is 0.667. The zero-order valence-corrected chi connectivity index (χ0v) is 51.4. The second-order valence-corrected chi connectivity index (χ2v) is 24.6. The Morgan fingerprint density at radius 3 is 1.30 bits per heavy atom. The lowest BCUT2D eigenvalue weighted by atomic mass is 9.67. The van der Waals surface area contributed by atoms with Crippen LogP contribution in [0.3, 0.4) is 0 Å². The summed E-state index contributed by atoms with van der Waals surface area (Å²) < 4.78 is 12.0. The zero-order chi connectivity index (χ0) is 55.9. The van der Waals surface area contributed by atoms with E-state index >= 15 is 0 Å². The molecule has 0 saturated heterocycles. The van der Waals surface area contributed by atoms with E-state index in [1.165, 1.54) is 180 Å². The SMILES string of the molecule is CCCCCCCCCCCCCCCC(=O)OC1C=C(C)C(/C=C/C(C)=C/C=C/C(C)=C\C=C\C=C(C)/C=C/C=C(C)/C=C/C2=C(C)CC(OC(=O)CCCCCCCCCCCCCCC)CC2(C)C)C(C)(C)C1. The summed E-state index contributed by atoms with van der Waals surface area (Å²) in [5.41, 5.74) is 8.64. The molecule has 0 heterocycles. The number of hydrogen-bond donors (Lipinski definition) is 0. The molecule has 2 aliphatic carbocycles. The molecule has 428 valence electrons. The van der Waals surface area contributed by atoms with Gasteiger partial charge in [-0.25, -0.2) is 0 Å². The Morgan fingerprint density at radius 1 is 0.500 bits per heavy atom. The van der Waals surface area contributed by atoms with E-state index in [0.29, 0.717) is 18.8 Å². The molecule has 0 fully saturated rings. The van der Waals surface area contributed by atoms with Crippen molar-refractivity contribution in [1.29, 1.82) is 0 Å². The Kier molecular flexibility index (Phi) is 36.9. The van der Waals surface area contributed by atoms with Crippen molar-refractivity contribution >= 4 is 11.9 Å². The van der Waals surface area contributed by atoms with Crippen molar-refractivity contribution in [3.8, 4) is 0 Å². The maximum atomic E-state index is 12.8. The highest BCUT2D eigenvalue weighted by Gasteiger charge is 2.37. The van der Waals surface area contributed by atoms with Crippen LogP contribution in [0.25, 0.3) is 0 Å². The molecule has 3 atom stereocenters. The number of esters is 2. The summed E-state index contributed by atoms with van der Waals surface area (Å²) in [5.74, 6) is 0.224. The average molecular weight is 1050 g/mol. The molecule has 0 aromatic heterocycles. The van der Waals surface area contributed by atoms with Gasteiger partial charge >= 0.3 is 11.9 Å². The first-order valence-corrected chi connectivity index (χ1v) is 31.3. The Balaban J connectivity index is 1.73. The average Bonchev–Trinajstić information content (AvgIpc) is 3.34. The van der Waals surface area contributed by atoms with Crippen molar-refractivity contribution in [3.63, 3.8) is 0 Å². The lowest BCUT2D eigenvalue weighted by molar-refractivity contribution is -0.151. The summed E-state index contributed by atoms with van der Waals surface area (Å²) in [7, 11) is 0. The van der Waals surface area contributed by atoms with Gasteiger partial charge in [0.15, 0.2) is 0 Å². The summed E-state index contributed by atoms with van der Waals surface area (Å²) in [6.07, 6.45) is 69.9. The van der Waals surface area contributed by atoms with Crippen LogP contribution in [0.15, 0.2) is 130 Å². The Bertz CT molecular complexity index is 1980. The largest absolute Gasteiger partial charge is 0.462 e.